The molecule has 0 saturated heterocycles. The van der Waals surface area contributed by atoms with E-state index >= 15 is 0 Å². The maximum absolute atomic E-state index is 13.1. The molecule has 0 saturated carbocycles. The van der Waals surface area contributed by atoms with Crippen molar-refractivity contribution in [3.63, 3.8) is 0 Å². The van der Waals surface area contributed by atoms with Crippen molar-refractivity contribution in [1.29, 1.82) is 0 Å². The van der Waals surface area contributed by atoms with E-state index in [1.807, 2.05) is 42.5 Å². The molecule has 0 aliphatic carbocycles. The number of nitrogens with one attached hydrogen (secondary N) is 1. The molecule has 174 valence electrons. The van der Waals surface area contributed by atoms with Gasteiger partial charge in [-0.05, 0) is 18.6 Å². The summed E-state index contributed by atoms with van der Waals surface area (Å²) in [5.41, 5.74) is 7.38. The minimum absolute atomic E-state index is 0.0523. The molecular weight excluding hydrogens is 434 g/mol. The van der Waals surface area contributed by atoms with Gasteiger partial charge >= 0.3 is 5.69 Å². The third kappa shape index (κ3) is 4.03. The quantitative estimate of drug-likeness (QED) is 0.560. The third-order valence-corrected chi connectivity index (χ3v) is 5.87. The van der Waals surface area contributed by atoms with Crippen molar-refractivity contribution in [3.8, 4) is 0 Å². The van der Waals surface area contributed by atoms with Crippen LogP contribution in [-0.4, -0.2) is 39.4 Å². The number of amides is 2. The van der Waals surface area contributed by atoms with Crippen molar-refractivity contribution >= 4 is 29.0 Å². The molecule has 1 aliphatic heterocycles. The number of rotatable bonds is 7. The highest BCUT2D eigenvalue weighted by Crippen LogP contribution is 2.31. The monoisotopic (exact) mass is 459 g/mol. The normalized spacial score (nSPS) is 12.7. The van der Waals surface area contributed by atoms with Gasteiger partial charge in [0.05, 0.1) is 6.54 Å². The molecule has 0 unspecified atom stereocenters. The number of aromatic amines is 1. The van der Waals surface area contributed by atoms with Crippen molar-refractivity contribution in [2.75, 3.05) is 23.7 Å². The summed E-state index contributed by atoms with van der Waals surface area (Å²) in [5, 5.41) is 0. The van der Waals surface area contributed by atoms with Crippen molar-refractivity contribution in [3.05, 3.63) is 98.7 Å². The molecule has 3 aromatic rings. The number of anilines is 2. The van der Waals surface area contributed by atoms with Crippen molar-refractivity contribution < 1.29 is 9.59 Å². The minimum Gasteiger partial charge on any atom is -0.383 e. The highest BCUT2D eigenvalue weighted by Gasteiger charge is 2.31. The van der Waals surface area contributed by atoms with E-state index in [9.17, 15) is 19.2 Å². The first-order chi connectivity index (χ1) is 16.3. The summed E-state index contributed by atoms with van der Waals surface area (Å²) in [6.45, 7) is 6.09. The molecule has 0 radical (unpaired) electrons. The van der Waals surface area contributed by atoms with E-state index in [2.05, 4.69) is 11.6 Å². The van der Waals surface area contributed by atoms with Gasteiger partial charge in [-0.25, -0.2) is 4.79 Å². The van der Waals surface area contributed by atoms with Crippen LogP contribution < -0.4 is 21.9 Å². The van der Waals surface area contributed by atoms with E-state index in [4.69, 9.17) is 5.73 Å². The number of nitrogens with zero attached hydrogens (tertiary/aromatic N) is 3. The second kappa shape index (κ2) is 9.22. The first kappa shape index (κ1) is 22.8. The Hall–Kier alpha value is -4.40. The summed E-state index contributed by atoms with van der Waals surface area (Å²) in [4.78, 5) is 55.9. The number of hydrogen-bond donors (Lipinski definition) is 2. The molecule has 2 amide bonds. The van der Waals surface area contributed by atoms with E-state index in [0.717, 1.165) is 11.1 Å². The summed E-state index contributed by atoms with van der Waals surface area (Å²) < 4.78 is 1.23. The summed E-state index contributed by atoms with van der Waals surface area (Å²) >= 11 is 0. The number of carbonyl (C=O) groups excluding carboxylic acids is 2. The average molecular weight is 460 g/mol. The Balaban J connectivity index is 1.57. The van der Waals surface area contributed by atoms with Gasteiger partial charge in [0.1, 0.15) is 5.82 Å². The second-order valence-electron chi connectivity index (χ2n) is 7.90. The number of H-pyrrole nitrogens is 1. The number of fused-ring (bicyclic) bond motifs is 1. The molecule has 1 aromatic heterocycles. The van der Waals surface area contributed by atoms with E-state index in [-0.39, 0.29) is 43.5 Å². The molecule has 3 N–H and O–H groups in total. The standard InChI is InChI=1S/C25H25N5O4/c1-3-28(20(31)13-14-29-16(2)18-11-7-8-12-19(18)24(29)33)21-22(26)30(25(34)27-23(21)32)15-17-9-5-4-6-10-17/h4-12H,2-3,13-15,26H2,1H3,(H,27,32,34). The van der Waals surface area contributed by atoms with Crippen LogP contribution in [0.15, 0.2) is 70.8 Å². The average Bonchev–Trinajstić information content (AvgIpc) is 3.08. The van der Waals surface area contributed by atoms with Gasteiger partial charge in [0, 0.05) is 36.3 Å². The Morgan fingerprint density at radius 1 is 1.03 bits per heavy atom. The maximum atomic E-state index is 13.1. The fourth-order valence-corrected chi connectivity index (χ4v) is 4.13. The number of carbonyl (C=O) groups is 2. The Kier molecular flexibility index (Phi) is 6.18. The topological polar surface area (TPSA) is 121 Å². The lowest BCUT2D eigenvalue weighted by molar-refractivity contribution is -0.118. The number of aromatic nitrogens is 2. The van der Waals surface area contributed by atoms with Gasteiger partial charge in [-0.1, -0.05) is 55.1 Å². The highest BCUT2D eigenvalue weighted by molar-refractivity contribution is 6.09. The molecule has 9 heteroatoms. The first-order valence-corrected chi connectivity index (χ1v) is 10.9. The van der Waals surface area contributed by atoms with Crippen LogP contribution in [-0.2, 0) is 11.3 Å². The summed E-state index contributed by atoms with van der Waals surface area (Å²) in [6.07, 6.45) is -0.0523. The Morgan fingerprint density at radius 3 is 2.32 bits per heavy atom. The van der Waals surface area contributed by atoms with E-state index in [1.54, 1.807) is 19.1 Å². The largest absolute Gasteiger partial charge is 0.383 e. The van der Waals surface area contributed by atoms with Crippen molar-refractivity contribution in [2.45, 2.75) is 19.9 Å². The summed E-state index contributed by atoms with van der Waals surface area (Å²) in [5.74, 6) is -0.715. The molecular formula is C25H25N5O4. The van der Waals surface area contributed by atoms with Crippen molar-refractivity contribution in [2.24, 2.45) is 0 Å². The van der Waals surface area contributed by atoms with Gasteiger partial charge in [-0.3, -0.25) is 23.9 Å². The molecule has 0 atom stereocenters. The Labute approximate surface area is 195 Å². The van der Waals surface area contributed by atoms with Gasteiger partial charge in [0.2, 0.25) is 5.91 Å². The van der Waals surface area contributed by atoms with Crippen LogP contribution >= 0.6 is 0 Å². The number of nitrogen functional groups attached to an aromatic ring is 1. The zero-order valence-electron chi connectivity index (χ0n) is 18.8. The predicted octanol–water partition coefficient (Wildman–Crippen LogP) is 2.04. The molecule has 4 rings (SSSR count). The van der Waals surface area contributed by atoms with Gasteiger partial charge < -0.3 is 15.5 Å². The highest BCUT2D eigenvalue weighted by atomic mass is 16.2. The van der Waals surface area contributed by atoms with Gasteiger partial charge in [-0.2, -0.15) is 0 Å². The lowest BCUT2D eigenvalue weighted by atomic mass is 10.1. The Bertz CT molecular complexity index is 1360. The smallest absolute Gasteiger partial charge is 0.330 e. The van der Waals surface area contributed by atoms with E-state index in [1.165, 1.54) is 14.4 Å². The molecule has 2 heterocycles. The lowest BCUT2D eigenvalue weighted by Crippen LogP contribution is -2.42. The molecule has 0 bridgehead atoms. The molecule has 1 aliphatic rings. The van der Waals surface area contributed by atoms with E-state index in [0.29, 0.717) is 11.3 Å². The fraction of sp³-hybridized carbons (Fsp3) is 0.200. The number of nitrogens with two attached hydrogens (primary N) is 1. The molecule has 0 spiro atoms. The zero-order valence-corrected chi connectivity index (χ0v) is 18.8. The van der Waals surface area contributed by atoms with Crippen LogP contribution in [0.2, 0.25) is 0 Å². The lowest BCUT2D eigenvalue weighted by Gasteiger charge is -2.24. The second-order valence-corrected chi connectivity index (χ2v) is 7.90. The minimum atomic E-state index is -0.740. The maximum Gasteiger partial charge on any atom is 0.330 e. The van der Waals surface area contributed by atoms with Gasteiger partial charge in [-0.15, -0.1) is 0 Å². The van der Waals surface area contributed by atoms with E-state index < -0.39 is 17.2 Å². The van der Waals surface area contributed by atoms with Crippen LogP contribution in [0.1, 0.15) is 34.8 Å². The van der Waals surface area contributed by atoms with Crippen LogP contribution in [0.5, 0.6) is 0 Å². The summed E-state index contributed by atoms with van der Waals surface area (Å²) in [7, 11) is 0. The molecule has 2 aromatic carbocycles. The zero-order chi connectivity index (χ0) is 24.4. The number of hydrogen-bond acceptors (Lipinski definition) is 5. The van der Waals surface area contributed by atoms with Crippen LogP contribution in [0, 0.1) is 0 Å². The van der Waals surface area contributed by atoms with Crippen molar-refractivity contribution in [1.82, 2.24) is 14.5 Å². The van der Waals surface area contributed by atoms with Gasteiger partial charge in [0.25, 0.3) is 11.5 Å². The molecule has 0 fully saturated rings. The third-order valence-electron chi connectivity index (χ3n) is 5.87. The fourth-order valence-electron chi connectivity index (χ4n) is 4.13. The molecule has 9 nitrogen and oxygen atoms in total. The van der Waals surface area contributed by atoms with Gasteiger partial charge in [0.15, 0.2) is 5.69 Å². The predicted molar refractivity (Wildman–Crippen MR) is 130 cm³/mol. The summed E-state index contributed by atoms with van der Waals surface area (Å²) in [6, 6.07) is 16.3. The first-order valence-electron chi connectivity index (χ1n) is 10.9. The van der Waals surface area contributed by atoms with Crippen LogP contribution in [0.4, 0.5) is 11.5 Å². The number of benzene rings is 2. The molecule has 34 heavy (non-hydrogen) atoms. The SMILES string of the molecule is C=C1c2ccccc2C(=O)N1CCC(=O)N(CC)c1c(N)n(Cc2ccccc2)c(=O)[nH]c1=O. The van der Waals surface area contributed by atoms with Crippen LogP contribution in [0.25, 0.3) is 5.70 Å². The Morgan fingerprint density at radius 2 is 1.68 bits per heavy atom. The van der Waals surface area contributed by atoms with Crippen LogP contribution in [0.3, 0.4) is 0 Å².